The van der Waals surface area contributed by atoms with Gasteiger partial charge in [0.1, 0.15) is 17.1 Å². The van der Waals surface area contributed by atoms with Gasteiger partial charge in [0.2, 0.25) is 0 Å². The normalized spacial score (nSPS) is 15.5. The van der Waals surface area contributed by atoms with Crippen LogP contribution in [0.2, 0.25) is 15.1 Å². The van der Waals surface area contributed by atoms with Crippen LogP contribution >= 0.6 is 34.8 Å². The molecule has 1 aromatic heterocycles. The van der Waals surface area contributed by atoms with E-state index in [0.717, 1.165) is 4.90 Å². The maximum Gasteiger partial charge on any atom is 0.335 e. The predicted molar refractivity (Wildman–Crippen MR) is 119 cm³/mol. The van der Waals surface area contributed by atoms with Gasteiger partial charge in [0.15, 0.2) is 0 Å². The molecule has 0 aliphatic carbocycles. The molecule has 156 valence electrons. The minimum Gasteiger partial charge on any atom is -0.457 e. The van der Waals surface area contributed by atoms with E-state index in [9.17, 15) is 14.4 Å². The van der Waals surface area contributed by atoms with Gasteiger partial charge in [-0.15, -0.1) is 0 Å². The van der Waals surface area contributed by atoms with Gasteiger partial charge in [-0.2, -0.15) is 0 Å². The number of urea groups is 1. The van der Waals surface area contributed by atoms with Crippen molar-refractivity contribution < 1.29 is 18.8 Å². The molecule has 6 nitrogen and oxygen atoms in total. The van der Waals surface area contributed by atoms with Crippen molar-refractivity contribution in [2.24, 2.45) is 0 Å². The fraction of sp³-hybridized carbons (Fsp3) is 0.0455. The van der Waals surface area contributed by atoms with Crippen LogP contribution in [0.1, 0.15) is 11.3 Å². The molecule has 31 heavy (non-hydrogen) atoms. The lowest BCUT2D eigenvalue weighted by molar-refractivity contribution is -0.122. The second kappa shape index (κ2) is 8.23. The maximum atomic E-state index is 13.0. The van der Waals surface area contributed by atoms with Gasteiger partial charge in [0.05, 0.1) is 10.7 Å². The van der Waals surface area contributed by atoms with Crippen molar-refractivity contribution in [3.8, 4) is 11.3 Å². The zero-order valence-electron chi connectivity index (χ0n) is 15.9. The van der Waals surface area contributed by atoms with E-state index in [-0.39, 0.29) is 17.0 Å². The van der Waals surface area contributed by atoms with E-state index in [1.807, 2.05) is 0 Å². The van der Waals surface area contributed by atoms with Crippen molar-refractivity contribution in [3.63, 3.8) is 0 Å². The van der Waals surface area contributed by atoms with E-state index in [2.05, 4.69) is 5.32 Å². The summed E-state index contributed by atoms with van der Waals surface area (Å²) in [4.78, 5) is 38.7. The van der Waals surface area contributed by atoms with Crippen LogP contribution in [-0.4, -0.2) is 17.8 Å². The van der Waals surface area contributed by atoms with Crippen LogP contribution in [-0.2, 0) is 9.59 Å². The predicted octanol–water partition coefficient (Wildman–Crippen LogP) is 5.88. The van der Waals surface area contributed by atoms with E-state index in [4.69, 9.17) is 39.2 Å². The molecular formula is C22H13Cl3N2O4. The molecule has 4 rings (SSSR count). The quantitative estimate of drug-likeness (QED) is 0.379. The van der Waals surface area contributed by atoms with Crippen molar-refractivity contribution in [1.29, 1.82) is 0 Å². The molecule has 1 aliphatic rings. The SMILES string of the molecule is Cc1c(Cl)cccc1N1C(=O)NC(=O)/C(=C/c2ccc(-c3ccc(Cl)cc3Cl)o2)C1=O. The summed E-state index contributed by atoms with van der Waals surface area (Å²) in [5.41, 5.74) is 1.14. The third-order valence-corrected chi connectivity index (χ3v) is 5.65. The smallest absolute Gasteiger partial charge is 0.335 e. The first-order valence-corrected chi connectivity index (χ1v) is 10.1. The van der Waals surface area contributed by atoms with Gasteiger partial charge in [-0.1, -0.05) is 40.9 Å². The Kier molecular flexibility index (Phi) is 5.62. The van der Waals surface area contributed by atoms with Gasteiger partial charge in [0.25, 0.3) is 11.8 Å². The van der Waals surface area contributed by atoms with Crippen LogP contribution in [0, 0.1) is 6.92 Å². The van der Waals surface area contributed by atoms with E-state index < -0.39 is 17.8 Å². The number of benzene rings is 2. The van der Waals surface area contributed by atoms with Crippen molar-refractivity contribution >= 4 is 64.4 Å². The van der Waals surface area contributed by atoms with Crippen molar-refractivity contribution in [2.75, 3.05) is 4.90 Å². The number of anilines is 1. The minimum atomic E-state index is -0.856. The molecule has 3 aromatic rings. The second-order valence-electron chi connectivity index (χ2n) is 6.67. The zero-order chi connectivity index (χ0) is 22.3. The number of carbonyl (C=O) groups excluding carboxylic acids is 3. The molecule has 0 saturated carbocycles. The molecule has 4 amide bonds. The van der Waals surface area contributed by atoms with Crippen molar-refractivity contribution in [3.05, 3.63) is 80.5 Å². The summed E-state index contributed by atoms with van der Waals surface area (Å²) >= 11 is 18.3. The number of barbiturate groups is 1. The lowest BCUT2D eigenvalue weighted by atomic mass is 10.1. The van der Waals surface area contributed by atoms with E-state index in [1.54, 1.807) is 55.5 Å². The molecule has 2 aromatic carbocycles. The maximum absolute atomic E-state index is 13.0. The average Bonchev–Trinajstić information content (AvgIpc) is 3.16. The number of amides is 4. The van der Waals surface area contributed by atoms with Gasteiger partial charge >= 0.3 is 6.03 Å². The Bertz CT molecular complexity index is 1280. The Hall–Kier alpha value is -3.06. The molecule has 0 bridgehead atoms. The molecule has 0 spiro atoms. The number of imide groups is 2. The molecule has 0 radical (unpaired) electrons. The van der Waals surface area contributed by atoms with Crippen LogP contribution < -0.4 is 10.2 Å². The van der Waals surface area contributed by atoms with E-state index in [1.165, 1.54) is 6.08 Å². The van der Waals surface area contributed by atoms with Crippen LogP contribution in [0.15, 0.2) is 58.5 Å². The molecule has 0 unspecified atom stereocenters. The Balaban J connectivity index is 1.71. The molecule has 1 N–H and O–H groups in total. The number of hydrogen-bond donors (Lipinski definition) is 1. The summed E-state index contributed by atoms with van der Waals surface area (Å²) in [7, 11) is 0. The highest BCUT2D eigenvalue weighted by Gasteiger charge is 2.37. The van der Waals surface area contributed by atoms with Crippen LogP contribution in [0.4, 0.5) is 10.5 Å². The fourth-order valence-corrected chi connectivity index (χ4v) is 3.79. The van der Waals surface area contributed by atoms with E-state index >= 15 is 0 Å². The Labute approximate surface area is 192 Å². The largest absolute Gasteiger partial charge is 0.457 e. The Morgan fingerprint density at radius 3 is 2.48 bits per heavy atom. The van der Waals surface area contributed by atoms with Gasteiger partial charge in [-0.05, 0) is 61.0 Å². The summed E-state index contributed by atoms with van der Waals surface area (Å²) < 4.78 is 5.74. The Morgan fingerprint density at radius 2 is 1.74 bits per heavy atom. The van der Waals surface area contributed by atoms with Crippen molar-refractivity contribution in [1.82, 2.24) is 5.32 Å². The summed E-state index contributed by atoms with van der Waals surface area (Å²) in [6.45, 7) is 1.67. The van der Waals surface area contributed by atoms with E-state index in [0.29, 0.717) is 32.0 Å². The van der Waals surface area contributed by atoms with Gasteiger partial charge < -0.3 is 4.42 Å². The third kappa shape index (κ3) is 3.97. The molecule has 1 saturated heterocycles. The van der Waals surface area contributed by atoms with Gasteiger partial charge in [-0.25, -0.2) is 9.69 Å². The summed E-state index contributed by atoms with van der Waals surface area (Å²) in [5.74, 6) is -0.956. The second-order valence-corrected chi connectivity index (χ2v) is 7.92. The molecule has 1 fully saturated rings. The number of halogens is 3. The molecule has 2 heterocycles. The molecule has 9 heteroatoms. The number of nitrogens with zero attached hydrogens (tertiary/aromatic N) is 1. The highest BCUT2D eigenvalue weighted by molar-refractivity contribution is 6.40. The summed E-state index contributed by atoms with van der Waals surface area (Å²) in [5, 5.41) is 3.42. The number of rotatable bonds is 3. The lowest BCUT2D eigenvalue weighted by Gasteiger charge is -2.27. The lowest BCUT2D eigenvalue weighted by Crippen LogP contribution is -2.54. The monoisotopic (exact) mass is 474 g/mol. The highest BCUT2D eigenvalue weighted by Crippen LogP contribution is 2.33. The fourth-order valence-electron chi connectivity index (χ4n) is 3.12. The zero-order valence-corrected chi connectivity index (χ0v) is 18.2. The number of furan rings is 1. The number of hydrogen-bond acceptors (Lipinski definition) is 4. The van der Waals surface area contributed by atoms with Gasteiger partial charge in [-0.3, -0.25) is 14.9 Å². The Morgan fingerprint density at radius 1 is 0.968 bits per heavy atom. The highest BCUT2D eigenvalue weighted by atomic mass is 35.5. The number of carbonyl (C=O) groups is 3. The molecule has 1 aliphatic heterocycles. The first-order valence-electron chi connectivity index (χ1n) is 8.98. The van der Waals surface area contributed by atoms with Crippen LogP contribution in [0.25, 0.3) is 17.4 Å². The first-order chi connectivity index (χ1) is 14.8. The van der Waals surface area contributed by atoms with Gasteiger partial charge in [0, 0.05) is 15.6 Å². The first kappa shape index (κ1) is 21.2. The average molecular weight is 476 g/mol. The molecular weight excluding hydrogens is 463 g/mol. The summed E-state index contributed by atoms with van der Waals surface area (Å²) in [6.07, 6.45) is 1.27. The topological polar surface area (TPSA) is 79.6 Å². The van der Waals surface area contributed by atoms with Crippen molar-refractivity contribution in [2.45, 2.75) is 6.92 Å². The molecule has 0 atom stereocenters. The third-order valence-electron chi connectivity index (χ3n) is 4.69. The standard InChI is InChI=1S/C22H13Cl3N2O4/c1-11-16(24)3-2-4-18(11)27-21(29)15(20(28)26-22(27)30)10-13-6-8-19(31-13)14-7-5-12(23)9-17(14)25/h2-10H,1H3,(H,26,28,30)/b15-10-. The summed E-state index contributed by atoms with van der Waals surface area (Å²) in [6, 6.07) is 12.1. The van der Waals surface area contributed by atoms with Crippen LogP contribution in [0.3, 0.4) is 0 Å². The number of nitrogens with one attached hydrogen (secondary N) is 1. The van der Waals surface area contributed by atoms with Crippen LogP contribution in [0.5, 0.6) is 0 Å². The minimum absolute atomic E-state index is 0.233.